The molecule has 1 amide bonds. The largest absolute Gasteiger partial charge is 0.494 e. The molecule has 3 rings (SSSR count). The van der Waals surface area contributed by atoms with Gasteiger partial charge in [0.25, 0.3) is 5.91 Å². The van der Waals surface area contributed by atoms with Crippen molar-refractivity contribution in [2.75, 3.05) is 11.9 Å². The second-order valence-electron chi connectivity index (χ2n) is 7.32. The van der Waals surface area contributed by atoms with Gasteiger partial charge in [-0.2, -0.15) is 0 Å². The predicted octanol–water partition coefficient (Wildman–Crippen LogP) is 6.46. The van der Waals surface area contributed by atoms with E-state index < -0.39 is 0 Å². The van der Waals surface area contributed by atoms with Crippen molar-refractivity contribution in [3.63, 3.8) is 0 Å². The summed E-state index contributed by atoms with van der Waals surface area (Å²) in [4.78, 5) is 12.7. The first-order valence-corrected chi connectivity index (χ1v) is 12.3. The average molecular weight is 473 g/mol. The molecule has 32 heavy (non-hydrogen) atoms. The maximum Gasteiger partial charge on any atom is 0.258 e. The molecule has 0 aliphatic heterocycles. The third-order valence-corrected chi connectivity index (χ3v) is 6.34. The van der Waals surface area contributed by atoms with Crippen LogP contribution in [0.5, 0.6) is 5.75 Å². The molecule has 0 atom stereocenters. The van der Waals surface area contributed by atoms with Crippen molar-refractivity contribution in [2.24, 2.45) is 0 Å². The highest BCUT2D eigenvalue weighted by atomic mass is 35.5. The van der Waals surface area contributed by atoms with Crippen LogP contribution in [0.2, 0.25) is 5.02 Å². The van der Waals surface area contributed by atoms with Crippen LogP contribution in [0.3, 0.4) is 0 Å². The topological polar surface area (TPSA) is 69.0 Å². The zero-order chi connectivity index (χ0) is 22.8. The van der Waals surface area contributed by atoms with Gasteiger partial charge in [0, 0.05) is 22.9 Å². The summed E-state index contributed by atoms with van der Waals surface area (Å²) in [5.74, 6) is 1.64. The number of nitrogens with one attached hydrogen (secondary N) is 1. The van der Waals surface area contributed by atoms with Crippen LogP contribution < -0.4 is 10.1 Å². The van der Waals surface area contributed by atoms with Crippen LogP contribution in [0, 0.1) is 0 Å². The summed E-state index contributed by atoms with van der Waals surface area (Å²) in [6.45, 7) is 5.51. The molecule has 0 saturated heterocycles. The van der Waals surface area contributed by atoms with Gasteiger partial charge in [0.05, 0.1) is 6.61 Å². The van der Waals surface area contributed by atoms with E-state index in [2.05, 4.69) is 22.4 Å². The van der Waals surface area contributed by atoms with E-state index in [9.17, 15) is 4.79 Å². The third-order valence-electron chi connectivity index (χ3n) is 4.96. The summed E-state index contributed by atoms with van der Waals surface area (Å²) < 4.78 is 7.63. The molecular formula is C24H29ClN4O2S. The second-order valence-corrected chi connectivity index (χ2v) is 8.67. The number of halogens is 1. The number of hydrogen-bond acceptors (Lipinski definition) is 5. The van der Waals surface area contributed by atoms with E-state index >= 15 is 0 Å². The van der Waals surface area contributed by atoms with Crippen LogP contribution in [0.15, 0.2) is 53.7 Å². The Hall–Kier alpha value is -2.51. The number of carbonyl (C=O) groups excluding carboxylic acids is 1. The highest BCUT2D eigenvalue weighted by Crippen LogP contribution is 2.27. The van der Waals surface area contributed by atoms with Crippen molar-refractivity contribution in [1.29, 1.82) is 0 Å². The molecule has 3 aromatic rings. The van der Waals surface area contributed by atoms with Gasteiger partial charge in [-0.15, -0.1) is 10.2 Å². The van der Waals surface area contributed by atoms with Gasteiger partial charge in [-0.3, -0.25) is 14.7 Å². The number of carbonyl (C=O) groups is 1. The van der Waals surface area contributed by atoms with Gasteiger partial charge in [0.15, 0.2) is 5.16 Å². The fourth-order valence-electron chi connectivity index (χ4n) is 3.13. The van der Waals surface area contributed by atoms with Gasteiger partial charge in [-0.05, 0) is 49.2 Å². The molecule has 0 bridgehead atoms. The zero-order valence-corrected chi connectivity index (χ0v) is 20.1. The molecule has 8 heteroatoms. The van der Waals surface area contributed by atoms with E-state index in [1.165, 1.54) is 31.0 Å². The fourth-order valence-corrected chi connectivity index (χ4v) is 4.41. The zero-order valence-electron chi connectivity index (χ0n) is 18.5. The molecule has 0 aliphatic carbocycles. The number of aromatic nitrogens is 3. The van der Waals surface area contributed by atoms with Crippen molar-refractivity contribution in [2.45, 2.75) is 57.0 Å². The van der Waals surface area contributed by atoms with E-state index in [4.69, 9.17) is 16.3 Å². The van der Waals surface area contributed by atoms with E-state index in [0.717, 1.165) is 27.9 Å². The Labute approximate surface area is 198 Å². The Morgan fingerprint density at radius 3 is 2.56 bits per heavy atom. The molecule has 0 radical (unpaired) electrons. The lowest BCUT2D eigenvalue weighted by Gasteiger charge is -2.10. The summed E-state index contributed by atoms with van der Waals surface area (Å²) in [6, 6.07) is 14.9. The molecule has 170 valence electrons. The average Bonchev–Trinajstić information content (AvgIpc) is 3.20. The van der Waals surface area contributed by atoms with Gasteiger partial charge < -0.3 is 4.74 Å². The molecule has 1 heterocycles. The normalized spacial score (nSPS) is 10.8. The van der Waals surface area contributed by atoms with Crippen LogP contribution in [0.4, 0.5) is 5.95 Å². The quantitative estimate of drug-likeness (QED) is 0.242. The Morgan fingerprint density at radius 1 is 1.06 bits per heavy atom. The van der Waals surface area contributed by atoms with Crippen LogP contribution >= 0.6 is 23.4 Å². The molecule has 2 aromatic carbocycles. The van der Waals surface area contributed by atoms with Crippen molar-refractivity contribution >= 4 is 35.2 Å². The third kappa shape index (κ3) is 6.74. The Bertz CT molecular complexity index is 1010. The smallest absolute Gasteiger partial charge is 0.258 e. The maximum atomic E-state index is 12.7. The lowest BCUT2D eigenvalue weighted by molar-refractivity contribution is 0.102. The number of amides is 1. The molecule has 0 unspecified atom stereocenters. The van der Waals surface area contributed by atoms with E-state index in [1.54, 1.807) is 12.1 Å². The SMILES string of the molecule is CCCCCCOc1ccc(C(=O)Nc2nnc(SCc3ccccc3Cl)n2CC)cc1. The fraction of sp³-hybridized carbons (Fsp3) is 0.375. The lowest BCUT2D eigenvalue weighted by Crippen LogP contribution is -2.16. The lowest BCUT2D eigenvalue weighted by atomic mass is 10.2. The van der Waals surface area contributed by atoms with Gasteiger partial charge in [0.2, 0.25) is 5.95 Å². The summed E-state index contributed by atoms with van der Waals surface area (Å²) in [5, 5.41) is 12.7. The standard InChI is InChI=1S/C24H29ClN4O2S/c1-3-5-6-9-16-31-20-14-12-18(13-15-20)22(30)26-23-27-28-24(29(23)4-2)32-17-19-10-7-8-11-21(19)25/h7-8,10-15H,3-6,9,16-17H2,1-2H3,(H,26,27,30). The van der Waals surface area contributed by atoms with Crippen molar-refractivity contribution in [3.05, 3.63) is 64.7 Å². The maximum absolute atomic E-state index is 12.7. The molecule has 1 N–H and O–H groups in total. The van der Waals surface area contributed by atoms with Crippen LogP contribution in [-0.2, 0) is 12.3 Å². The van der Waals surface area contributed by atoms with Gasteiger partial charge in [-0.25, -0.2) is 0 Å². The molecular weight excluding hydrogens is 444 g/mol. The summed E-state index contributed by atoms with van der Waals surface area (Å²) in [5.41, 5.74) is 1.57. The summed E-state index contributed by atoms with van der Waals surface area (Å²) in [7, 11) is 0. The number of benzene rings is 2. The van der Waals surface area contributed by atoms with E-state index in [-0.39, 0.29) is 5.91 Å². The molecule has 0 fully saturated rings. The van der Waals surface area contributed by atoms with Crippen LogP contribution in [-0.4, -0.2) is 27.3 Å². The van der Waals surface area contributed by atoms with Gasteiger partial charge in [0.1, 0.15) is 5.75 Å². The number of anilines is 1. The Balaban J connectivity index is 1.57. The molecule has 0 spiro atoms. The molecule has 1 aromatic heterocycles. The van der Waals surface area contributed by atoms with Crippen LogP contribution in [0.1, 0.15) is 55.5 Å². The number of thioether (sulfide) groups is 1. The molecule has 6 nitrogen and oxygen atoms in total. The minimum atomic E-state index is -0.232. The first-order chi connectivity index (χ1) is 15.6. The summed E-state index contributed by atoms with van der Waals surface area (Å²) in [6.07, 6.45) is 4.65. The second kappa shape index (κ2) is 12.5. The van der Waals surface area contributed by atoms with Crippen LogP contribution in [0.25, 0.3) is 0 Å². The minimum absolute atomic E-state index is 0.232. The highest BCUT2D eigenvalue weighted by molar-refractivity contribution is 7.98. The highest BCUT2D eigenvalue weighted by Gasteiger charge is 2.15. The number of rotatable bonds is 12. The van der Waals surface area contributed by atoms with Gasteiger partial charge in [-0.1, -0.05) is 67.7 Å². The number of unbranched alkanes of at least 4 members (excludes halogenated alkanes) is 3. The first-order valence-electron chi connectivity index (χ1n) is 11.0. The Morgan fingerprint density at radius 2 is 1.84 bits per heavy atom. The number of nitrogens with zero attached hydrogens (tertiary/aromatic N) is 3. The van der Waals surface area contributed by atoms with Crippen molar-refractivity contribution in [3.8, 4) is 5.75 Å². The molecule has 0 saturated carbocycles. The summed E-state index contributed by atoms with van der Waals surface area (Å²) >= 11 is 7.78. The number of ether oxygens (including phenoxy) is 1. The first kappa shape index (κ1) is 24.1. The van der Waals surface area contributed by atoms with E-state index in [1.807, 2.05) is 47.9 Å². The Kier molecular flexibility index (Phi) is 9.43. The van der Waals surface area contributed by atoms with E-state index in [0.29, 0.717) is 30.4 Å². The van der Waals surface area contributed by atoms with Gasteiger partial charge >= 0.3 is 0 Å². The van der Waals surface area contributed by atoms with Crippen molar-refractivity contribution in [1.82, 2.24) is 14.8 Å². The number of hydrogen-bond donors (Lipinski definition) is 1. The minimum Gasteiger partial charge on any atom is -0.494 e. The predicted molar refractivity (Wildman–Crippen MR) is 131 cm³/mol. The monoisotopic (exact) mass is 472 g/mol. The molecule has 0 aliphatic rings. The van der Waals surface area contributed by atoms with Crippen molar-refractivity contribution < 1.29 is 9.53 Å².